The molecular formula is C17H31NO3Si. The van der Waals surface area contributed by atoms with E-state index in [-0.39, 0.29) is 5.54 Å². The largest absolute Gasteiger partial charge is 0.394 e. The fourth-order valence-corrected chi connectivity index (χ4v) is 5.00. The van der Waals surface area contributed by atoms with Gasteiger partial charge in [-0.05, 0) is 38.6 Å². The Morgan fingerprint density at radius 1 is 1.18 bits per heavy atom. The van der Waals surface area contributed by atoms with Gasteiger partial charge in [-0.1, -0.05) is 31.2 Å². The Labute approximate surface area is 136 Å². The smallest absolute Gasteiger partial charge is 0.342 e. The number of likely N-dealkylation sites (N-methyl/N-ethyl adjacent to an activating group) is 1. The molecule has 0 heterocycles. The molecule has 0 fully saturated rings. The number of hydrogen-bond acceptors (Lipinski definition) is 4. The Hall–Kier alpha value is -0.723. The van der Waals surface area contributed by atoms with Gasteiger partial charge in [-0.25, -0.2) is 0 Å². The molecule has 0 saturated heterocycles. The third-order valence-electron chi connectivity index (χ3n) is 3.86. The van der Waals surface area contributed by atoms with E-state index in [0.29, 0.717) is 19.8 Å². The summed E-state index contributed by atoms with van der Waals surface area (Å²) < 4.78 is 17.7. The highest BCUT2D eigenvalue weighted by molar-refractivity contribution is 6.67. The van der Waals surface area contributed by atoms with Crippen LogP contribution in [-0.4, -0.2) is 42.0 Å². The summed E-state index contributed by atoms with van der Waals surface area (Å²) in [6.45, 7) is 12.0. The fourth-order valence-electron chi connectivity index (χ4n) is 2.48. The van der Waals surface area contributed by atoms with Gasteiger partial charge in [0, 0.05) is 25.3 Å². The van der Waals surface area contributed by atoms with Crippen molar-refractivity contribution in [2.24, 2.45) is 0 Å². The molecule has 1 atom stereocenters. The highest BCUT2D eigenvalue weighted by Crippen LogP contribution is 2.29. The van der Waals surface area contributed by atoms with Gasteiger partial charge >= 0.3 is 8.56 Å². The molecule has 0 spiro atoms. The predicted molar refractivity (Wildman–Crippen MR) is 93.3 cm³/mol. The van der Waals surface area contributed by atoms with Crippen molar-refractivity contribution in [1.82, 2.24) is 5.32 Å². The molecular weight excluding hydrogens is 294 g/mol. The fraction of sp³-hybridized carbons (Fsp3) is 0.647. The van der Waals surface area contributed by atoms with Gasteiger partial charge in [0.2, 0.25) is 0 Å². The standard InChI is InChI=1S/C17H31NO3Si/c1-6-20-22(5,21-7-2)15(3)17-10-8-9-16(13-17)14-19-12-11-18-4/h8-10,13,15,18H,6-7,11-12,14H2,1-5H3. The van der Waals surface area contributed by atoms with Gasteiger partial charge in [-0.2, -0.15) is 0 Å². The quantitative estimate of drug-likeness (QED) is 0.501. The van der Waals surface area contributed by atoms with Crippen molar-refractivity contribution in [3.8, 4) is 0 Å². The molecule has 22 heavy (non-hydrogen) atoms. The highest BCUT2D eigenvalue weighted by Gasteiger charge is 2.38. The van der Waals surface area contributed by atoms with E-state index in [0.717, 1.165) is 13.2 Å². The molecule has 0 radical (unpaired) electrons. The predicted octanol–water partition coefficient (Wildman–Crippen LogP) is 3.21. The van der Waals surface area contributed by atoms with Gasteiger partial charge in [0.25, 0.3) is 0 Å². The summed E-state index contributed by atoms with van der Waals surface area (Å²) in [5, 5.41) is 3.08. The van der Waals surface area contributed by atoms with E-state index < -0.39 is 8.56 Å². The summed E-state index contributed by atoms with van der Waals surface area (Å²) >= 11 is 0. The molecule has 0 aliphatic heterocycles. The van der Waals surface area contributed by atoms with E-state index in [1.807, 2.05) is 20.9 Å². The Bertz CT molecular complexity index is 422. The van der Waals surface area contributed by atoms with E-state index >= 15 is 0 Å². The van der Waals surface area contributed by atoms with Gasteiger partial charge in [0.05, 0.1) is 13.2 Å². The minimum absolute atomic E-state index is 0.282. The normalized spacial score (nSPS) is 13.3. The van der Waals surface area contributed by atoms with E-state index in [1.54, 1.807) is 0 Å². The lowest BCUT2D eigenvalue weighted by atomic mass is 10.1. The van der Waals surface area contributed by atoms with Crippen LogP contribution in [0.1, 0.15) is 37.4 Å². The van der Waals surface area contributed by atoms with Gasteiger partial charge in [-0.3, -0.25) is 0 Å². The molecule has 0 aliphatic carbocycles. The van der Waals surface area contributed by atoms with Crippen molar-refractivity contribution in [2.45, 2.75) is 39.5 Å². The number of ether oxygens (including phenoxy) is 1. The number of nitrogens with one attached hydrogen (secondary N) is 1. The van der Waals surface area contributed by atoms with Gasteiger partial charge in [0.15, 0.2) is 0 Å². The lowest BCUT2D eigenvalue weighted by Gasteiger charge is -2.32. The van der Waals surface area contributed by atoms with Crippen LogP contribution in [0.15, 0.2) is 24.3 Å². The van der Waals surface area contributed by atoms with Gasteiger partial charge in [-0.15, -0.1) is 0 Å². The molecule has 0 amide bonds. The van der Waals surface area contributed by atoms with Crippen molar-refractivity contribution in [1.29, 1.82) is 0 Å². The minimum atomic E-state index is -2.21. The van der Waals surface area contributed by atoms with E-state index in [4.69, 9.17) is 13.6 Å². The van der Waals surface area contributed by atoms with Crippen molar-refractivity contribution in [3.63, 3.8) is 0 Å². The summed E-state index contributed by atoms with van der Waals surface area (Å²) in [7, 11) is -0.282. The molecule has 1 aromatic rings. The van der Waals surface area contributed by atoms with Crippen LogP contribution < -0.4 is 5.32 Å². The van der Waals surface area contributed by atoms with Crippen LogP contribution in [0.4, 0.5) is 0 Å². The topological polar surface area (TPSA) is 39.7 Å². The molecule has 0 saturated carbocycles. The first kappa shape index (κ1) is 19.3. The Balaban J connectivity index is 2.77. The van der Waals surface area contributed by atoms with Crippen LogP contribution >= 0.6 is 0 Å². The molecule has 4 nitrogen and oxygen atoms in total. The zero-order chi connectivity index (χ0) is 16.4. The SMILES string of the molecule is CCO[Si](C)(OCC)C(C)c1cccc(COCCNC)c1. The first-order valence-corrected chi connectivity index (χ1v) is 10.6. The molecule has 1 aromatic carbocycles. The maximum Gasteiger partial charge on any atom is 0.342 e. The van der Waals surface area contributed by atoms with Crippen molar-refractivity contribution < 1.29 is 13.6 Å². The Morgan fingerprint density at radius 2 is 1.86 bits per heavy atom. The third-order valence-corrected chi connectivity index (χ3v) is 7.49. The monoisotopic (exact) mass is 325 g/mol. The Morgan fingerprint density at radius 3 is 2.45 bits per heavy atom. The highest BCUT2D eigenvalue weighted by atomic mass is 28.4. The second-order valence-corrected chi connectivity index (χ2v) is 8.98. The maximum absolute atomic E-state index is 6.02. The molecule has 0 aliphatic rings. The summed E-state index contributed by atoms with van der Waals surface area (Å²) in [6, 6.07) is 8.57. The van der Waals surface area contributed by atoms with Crippen LogP contribution in [-0.2, 0) is 20.2 Å². The number of hydrogen-bond donors (Lipinski definition) is 1. The molecule has 1 rings (SSSR count). The first-order chi connectivity index (χ1) is 10.6. The van der Waals surface area contributed by atoms with Gasteiger partial charge in [0.1, 0.15) is 0 Å². The lowest BCUT2D eigenvalue weighted by Crippen LogP contribution is -2.44. The molecule has 0 aromatic heterocycles. The first-order valence-electron chi connectivity index (χ1n) is 8.16. The summed E-state index contributed by atoms with van der Waals surface area (Å²) in [4.78, 5) is 0. The lowest BCUT2D eigenvalue weighted by molar-refractivity contribution is 0.124. The van der Waals surface area contributed by atoms with Crippen molar-refractivity contribution in [2.75, 3.05) is 33.4 Å². The Kier molecular flexibility index (Phi) is 8.90. The van der Waals surface area contributed by atoms with Crippen LogP contribution in [0.5, 0.6) is 0 Å². The number of benzene rings is 1. The minimum Gasteiger partial charge on any atom is -0.394 e. The van der Waals surface area contributed by atoms with E-state index in [1.165, 1.54) is 11.1 Å². The zero-order valence-electron chi connectivity index (χ0n) is 14.6. The molecule has 1 unspecified atom stereocenters. The van der Waals surface area contributed by atoms with E-state index in [2.05, 4.69) is 43.1 Å². The maximum atomic E-state index is 6.02. The molecule has 0 bridgehead atoms. The summed E-state index contributed by atoms with van der Waals surface area (Å²) in [6.07, 6.45) is 0. The molecule has 1 N–H and O–H groups in total. The van der Waals surface area contributed by atoms with Crippen LogP contribution in [0.3, 0.4) is 0 Å². The second kappa shape index (κ2) is 10.1. The van der Waals surface area contributed by atoms with Crippen LogP contribution in [0, 0.1) is 0 Å². The second-order valence-electron chi connectivity index (χ2n) is 5.50. The van der Waals surface area contributed by atoms with Crippen molar-refractivity contribution in [3.05, 3.63) is 35.4 Å². The third kappa shape index (κ3) is 5.82. The average molecular weight is 326 g/mol. The number of rotatable bonds is 11. The van der Waals surface area contributed by atoms with Crippen molar-refractivity contribution >= 4 is 8.56 Å². The average Bonchev–Trinajstić information content (AvgIpc) is 2.51. The summed E-state index contributed by atoms with van der Waals surface area (Å²) in [5.74, 6) is 0. The molecule has 126 valence electrons. The molecule has 5 heteroatoms. The van der Waals surface area contributed by atoms with Crippen LogP contribution in [0.2, 0.25) is 6.55 Å². The summed E-state index contributed by atoms with van der Waals surface area (Å²) in [5.41, 5.74) is 2.75. The van der Waals surface area contributed by atoms with E-state index in [9.17, 15) is 0 Å². The van der Waals surface area contributed by atoms with Crippen LogP contribution in [0.25, 0.3) is 0 Å². The zero-order valence-corrected chi connectivity index (χ0v) is 15.6. The van der Waals surface area contributed by atoms with Gasteiger partial charge < -0.3 is 18.9 Å².